The van der Waals surface area contributed by atoms with E-state index >= 15 is 0 Å². The first-order valence-corrected chi connectivity index (χ1v) is 6.72. The third-order valence-electron chi connectivity index (χ3n) is 3.32. The molecule has 117 valence electrons. The molecule has 0 aliphatic heterocycles. The van der Waals surface area contributed by atoms with Crippen LogP contribution < -0.4 is 9.47 Å². The Balaban J connectivity index is 2.28. The lowest BCUT2D eigenvalue weighted by Crippen LogP contribution is -2.17. The summed E-state index contributed by atoms with van der Waals surface area (Å²) in [6, 6.07) is 13.4. The fourth-order valence-electron chi connectivity index (χ4n) is 2.36. The highest BCUT2D eigenvalue weighted by Crippen LogP contribution is 2.35. The number of halogens is 3. The smallest absolute Gasteiger partial charge is 0.496 e. The lowest BCUT2D eigenvalue weighted by atomic mass is 9.88. The van der Waals surface area contributed by atoms with E-state index in [0.717, 1.165) is 16.9 Å². The van der Waals surface area contributed by atoms with Gasteiger partial charge in [-0.1, -0.05) is 37.3 Å². The maximum absolute atomic E-state index is 12.2. The minimum absolute atomic E-state index is 0.0592. The molecule has 5 heteroatoms. The third-order valence-corrected chi connectivity index (χ3v) is 3.32. The van der Waals surface area contributed by atoms with Gasteiger partial charge in [0.15, 0.2) is 0 Å². The molecule has 0 heterocycles. The van der Waals surface area contributed by atoms with Gasteiger partial charge in [0.05, 0.1) is 7.11 Å². The second-order valence-corrected chi connectivity index (χ2v) is 4.70. The quantitative estimate of drug-likeness (QED) is 0.778. The molecule has 0 unspecified atom stereocenters. The average molecular weight is 309 g/mol. The van der Waals surface area contributed by atoms with Crippen molar-refractivity contribution in [3.8, 4) is 11.5 Å². The van der Waals surface area contributed by atoms with Crippen LogP contribution in [0, 0.1) is 6.92 Å². The Kier molecular flexibility index (Phi) is 4.96. The van der Waals surface area contributed by atoms with Crippen LogP contribution in [0.25, 0.3) is 0 Å². The van der Waals surface area contributed by atoms with Gasteiger partial charge in [0.2, 0.25) is 0 Å². The Morgan fingerprint density at radius 2 is 1.68 bits per heavy atom. The molecule has 2 nitrogen and oxygen atoms in total. The maximum atomic E-state index is 12.2. The van der Waals surface area contributed by atoms with Crippen LogP contribution in [0.1, 0.15) is 23.5 Å². The van der Waals surface area contributed by atoms with Crippen molar-refractivity contribution in [3.05, 3.63) is 66.6 Å². The van der Waals surface area contributed by atoms with Crippen molar-refractivity contribution < 1.29 is 22.6 Å². The Morgan fingerprint density at radius 3 is 2.23 bits per heavy atom. The van der Waals surface area contributed by atoms with E-state index in [1.807, 2.05) is 24.3 Å². The van der Waals surface area contributed by atoms with E-state index in [9.17, 15) is 13.2 Å². The first-order valence-electron chi connectivity index (χ1n) is 6.72. The summed E-state index contributed by atoms with van der Waals surface area (Å²) >= 11 is 0. The topological polar surface area (TPSA) is 18.5 Å². The molecular weight excluding hydrogens is 293 g/mol. The number of ether oxygens (including phenoxy) is 2. The Bertz CT molecular complexity index is 606. The first-order chi connectivity index (χ1) is 10.4. The summed E-state index contributed by atoms with van der Waals surface area (Å²) in [4.78, 5) is 0. The van der Waals surface area contributed by atoms with Crippen molar-refractivity contribution in [1.82, 2.24) is 0 Å². The fraction of sp³-hybridized carbons (Fsp3) is 0.235. The monoisotopic (exact) mass is 309 g/mol. The van der Waals surface area contributed by atoms with Gasteiger partial charge in [0, 0.05) is 11.5 Å². The van der Waals surface area contributed by atoms with Gasteiger partial charge in [-0.15, -0.1) is 13.2 Å². The van der Waals surface area contributed by atoms with Gasteiger partial charge in [-0.05, 0) is 30.2 Å². The number of methoxy groups -OCH3 is 1. The van der Waals surface area contributed by atoms with Crippen molar-refractivity contribution >= 4 is 0 Å². The number of para-hydroxylation sites is 1. The van der Waals surface area contributed by atoms with Gasteiger partial charge < -0.3 is 9.47 Å². The zero-order valence-electron chi connectivity index (χ0n) is 12.1. The highest BCUT2D eigenvalue weighted by molar-refractivity contribution is 5.43. The lowest BCUT2D eigenvalue weighted by Gasteiger charge is -2.19. The van der Waals surface area contributed by atoms with E-state index < -0.39 is 6.36 Å². The summed E-state index contributed by atoms with van der Waals surface area (Å²) in [5.41, 5.74) is 1.80. The minimum Gasteiger partial charge on any atom is -0.496 e. The largest absolute Gasteiger partial charge is 0.573 e. The van der Waals surface area contributed by atoms with Gasteiger partial charge in [-0.25, -0.2) is 0 Å². The van der Waals surface area contributed by atoms with Crippen LogP contribution in [0.3, 0.4) is 0 Å². The summed E-state index contributed by atoms with van der Waals surface area (Å²) in [6.45, 7) is 3.93. The van der Waals surface area contributed by atoms with Crippen LogP contribution in [0.4, 0.5) is 13.2 Å². The van der Waals surface area contributed by atoms with Crippen molar-refractivity contribution in [2.24, 2.45) is 0 Å². The molecule has 0 N–H and O–H groups in total. The first kappa shape index (κ1) is 16.2. The number of alkyl halides is 3. The molecule has 0 saturated carbocycles. The van der Waals surface area contributed by atoms with Crippen molar-refractivity contribution in [1.29, 1.82) is 0 Å². The van der Waals surface area contributed by atoms with E-state index in [0.29, 0.717) is 6.42 Å². The molecule has 0 aliphatic rings. The molecule has 0 aliphatic carbocycles. The average Bonchev–Trinajstić information content (AvgIpc) is 2.49. The molecule has 0 saturated heterocycles. The molecule has 1 atom stereocenters. The summed E-state index contributed by atoms with van der Waals surface area (Å²) < 4.78 is 45.8. The van der Waals surface area contributed by atoms with Crippen molar-refractivity contribution in [2.45, 2.75) is 18.7 Å². The van der Waals surface area contributed by atoms with Crippen molar-refractivity contribution in [2.75, 3.05) is 7.11 Å². The summed E-state index contributed by atoms with van der Waals surface area (Å²) in [5, 5.41) is 0. The van der Waals surface area contributed by atoms with Crippen LogP contribution in [0.2, 0.25) is 0 Å². The number of rotatable bonds is 5. The van der Waals surface area contributed by atoms with Crippen molar-refractivity contribution in [3.63, 3.8) is 0 Å². The molecule has 2 rings (SSSR count). The van der Waals surface area contributed by atoms with Crippen LogP contribution in [-0.2, 0) is 0 Å². The predicted octanol–water partition coefficient (Wildman–Crippen LogP) is 4.95. The van der Waals surface area contributed by atoms with Crippen LogP contribution in [0.15, 0.2) is 48.5 Å². The Labute approximate surface area is 127 Å². The Morgan fingerprint density at radius 1 is 1.05 bits per heavy atom. The molecule has 0 bridgehead atoms. The van der Waals surface area contributed by atoms with Gasteiger partial charge in [-0.3, -0.25) is 0 Å². The molecule has 0 amide bonds. The van der Waals surface area contributed by atoms with Gasteiger partial charge >= 0.3 is 6.36 Å². The van der Waals surface area contributed by atoms with E-state index in [1.165, 1.54) is 12.1 Å². The normalized spacial score (nSPS) is 12.8. The van der Waals surface area contributed by atoms with Crippen LogP contribution >= 0.6 is 0 Å². The molecule has 2 aromatic carbocycles. The maximum Gasteiger partial charge on any atom is 0.573 e. The second kappa shape index (κ2) is 6.73. The lowest BCUT2D eigenvalue weighted by molar-refractivity contribution is -0.274. The van der Waals surface area contributed by atoms with Gasteiger partial charge in [-0.2, -0.15) is 0 Å². The standard InChI is InChI=1S/C17H16F3O2/c1-3-14(15-6-4-5-7-16(15)21-2)12-8-10-13(11-9-12)22-17(18,19)20/h4-11,14H,1,3H2,2H3/t14-/m0/s1. The van der Waals surface area contributed by atoms with Crippen LogP contribution in [-0.4, -0.2) is 13.5 Å². The zero-order valence-corrected chi connectivity index (χ0v) is 12.1. The molecular formula is C17H16F3O2. The fourth-order valence-corrected chi connectivity index (χ4v) is 2.36. The number of benzene rings is 2. The number of hydrogen-bond donors (Lipinski definition) is 0. The van der Waals surface area contributed by atoms with E-state index in [2.05, 4.69) is 11.7 Å². The highest BCUT2D eigenvalue weighted by atomic mass is 19.4. The van der Waals surface area contributed by atoms with Crippen LogP contribution in [0.5, 0.6) is 11.5 Å². The SMILES string of the molecule is [CH2]C[C@@H](c1ccc(OC(F)(F)F)cc1)c1ccccc1OC. The molecule has 0 fully saturated rings. The minimum atomic E-state index is -4.68. The predicted molar refractivity (Wildman–Crippen MR) is 77.9 cm³/mol. The molecule has 2 aromatic rings. The van der Waals surface area contributed by atoms with E-state index in [-0.39, 0.29) is 11.7 Å². The summed E-state index contributed by atoms with van der Waals surface area (Å²) in [6.07, 6.45) is -4.13. The third kappa shape index (κ3) is 3.93. The van der Waals surface area contributed by atoms with E-state index in [4.69, 9.17) is 4.74 Å². The van der Waals surface area contributed by atoms with Gasteiger partial charge in [0.1, 0.15) is 11.5 Å². The zero-order chi connectivity index (χ0) is 16.2. The van der Waals surface area contributed by atoms with Gasteiger partial charge in [0.25, 0.3) is 0 Å². The number of hydrogen-bond acceptors (Lipinski definition) is 2. The molecule has 22 heavy (non-hydrogen) atoms. The van der Waals surface area contributed by atoms with E-state index in [1.54, 1.807) is 19.2 Å². The molecule has 1 radical (unpaired) electrons. The second-order valence-electron chi connectivity index (χ2n) is 4.70. The highest BCUT2D eigenvalue weighted by Gasteiger charge is 2.31. The Hall–Kier alpha value is -2.17. The molecule has 0 spiro atoms. The summed E-state index contributed by atoms with van der Waals surface area (Å²) in [5.74, 6) is 0.432. The molecule has 0 aromatic heterocycles. The summed E-state index contributed by atoms with van der Waals surface area (Å²) in [7, 11) is 1.58.